The van der Waals surface area contributed by atoms with Gasteiger partial charge in [0.25, 0.3) is 0 Å². The van der Waals surface area contributed by atoms with Crippen molar-refractivity contribution < 1.29 is 14.3 Å². The first-order valence-electron chi connectivity index (χ1n) is 6.50. The molecular weight excluding hydrogens is 348 g/mol. The number of fused-ring (bicyclic) bond motifs is 1. The highest BCUT2D eigenvalue weighted by Gasteiger charge is 2.15. The van der Waals surface area contributed by atoms with Crippen molar-refractivity contribution in [3.05, 3.63) is 57.6 Å². The molecule has 0 aliphatic carbocycles. The zero-order chi connectivity index (χ0) is 15.4. The highest BCUT2D eigenvalue weighted by atomic mass is 79.9. The number of oxime groups is 1. The van der Waals surface area contributed by atoms with E-state index in [9.17, 15) is 0 Å². The summed E-state index contributed by atoms with van der Waals surface area (Å²) in [5, 5.41) is 12.9. The molecule has 2 aromatic rings. The lowest BCUT2D eigenvalue weighted by Gasteiger charge is -2.03. The Morgan fingerprint density at radius 3 is 2.86 bits per heavy atom. The van der Waals surface area contributed by atoms with E-state index in [0.717, 1.165) is 15.6 Å². The zero-order valence-electron chi connectivity index (χ0n) is 11.5. The summed E-state index contributed by atoms with van der Waals surface area (Å²) in [5.41, 5.74) is 2.20. The molecule has 3 rings (SSSR count). The molecule has 1 aliphatic heterocycles. The Hall–Kier alpha value is -2.52. The van der Waals surface area contributed by atoms with Crippen LogP contribution >= 0.6 is 15.9 Å². The van der Waals surface area contributed by atoms with Gasteiger partial charge in [0.2, 0.25) is 6.79 Å². The van der Waals surface area contributed by atoms with Crippen LogP contribution in [0.1, 0.15) is 16.7 Å². The van der Waals surface area contributed by atoms with Crippen molar-refractivity contribution in [1.82, 2.24) is 0 Å². The van der Waals surface area contributed by atoms with Crippen LogP contribution in [-0.2, 0) is 11.4 Å². The Balaban J connectivity index is 1.67. The maximum Gasteiger partial charge on any atom is 0.231 e. The Bertz CT molecular complexity index is 768. The van der Waals surface area contributed by atoms with Crippen LogP contribution in [0.4, 0.5) is 0 Å². The van der Waals surface area contributed by atoms with E-state index in [2.05, 4.69) is 27.2 Å². The van der Waals surface area contributed by atoms with Crippen LogP contribution in [0.15, 0.2) is 46.0 Å². The monoisotopic (exact) mass is 358 g/mol. The molecule has 2 aromatic carbocycles. The van der Waals surface area contributed by atoms with Crippen LogP contribution in [0.2, 0.25) is 0 Å². The molecule has 22 heavy (non-hydrogen) atoms. The molecule has 5 nitrogen and oxygen atoms in total. The molecule has 1 heterocycles. The van der Waals surface area contributed by atoms with Crippen molar-refractivity contribution >= 4 is 22.1 Å². The first kappa shape index (κ1) is 14.4. The number of rotatable bonds is 4. The van der Waals surface area contributed by atoms with Crippen molar-refractivity contribution in [2.24, 2.45) is 5.16 Å². The highest BCUT2D eigenvalue weighted by Crippen LogP contribution is 2.36. The van der Waals surface area contributed by atoms with Gasteiger partial charge in [-0.1, -0.05) is 23.4 Å². The van der Waals surface area contributed by atoms with Gasteiger partial charge in [0.15, 0.2) is 11.5 Å². The van der Waals surface area contributed by atoms with E-state index < -0.39 is 0 Å². The predicted octanol–water partition coefficient (Wildman–Crippen LogP) is 3.60. The molecule has 0 saturated carbocycles. The van der Waals surface area contributed by atoms with Crippen LogP contribution < -0.4 is 9.47 Å². The fraction of sp³-hybridized carbons (Fsp3) is 0.125. The smallest absolute Gasteiger partial charge is 0.231 e. The summed E-state index contributed by atoms with van der Waals surface area (Å²) in [5.74, 6) is 1.38. The van der Waals surface area contributed by atoms with Gasteiger partial charge in [-0.2, -0.15) is 5.26 Å². The molecule has 0 saturated heterocycles. The fourth-order valence-electron chi connectivity index (χ4n) is 1.99. The molecule has 110 valence electrons. The van der Waals surface area contributed by atoms with Gasteiger partial charge in [-0.05, 0) is 34.1 Å². The van der Waals surface area contributed by atoms with Crippen LogP contribution in [-0.4, -0.2) is 13.0 Å². The molecule has 1 aliphatic rings. The molecule has 0 bridgehead atoms. The van der Waals surface area contributed by atoms with Crippen molar-refractivity contribution in [2.45, 2.75) is 6.61 Å². The first-order chi connectivity index (χ1) is 10.8. The molecular formula is C16H11BrN2O3. The summed E-state index contributed by atoms with van der Waals surface area (Å²) in [4.78, 5) is 5.27. The Labute approximate surface area is 135 Å². The van der Waals surface area contributed by atoms with Gasteiger partial charge in [0, 0.05) is 15.6 Å². The summed E-state index contributed by atoms with van der Waals surface area (Å²) >= 11 is 3.44. The van der Waals surface area contributed by atoms with E-state index in [0.29, 0.717) is 17.1 Å². The fourth-order valence-corrected chi connectivity index (χ4v) is 2.41. The van der Waals surface area contributed by atoms with Gasteiger partial charge in [0.05, 0.1) is 17.8 Å². The minimum Gasteiger partial charge on any atom is -0.454 e. The second-order valence-corrected chi connectivity index (χ2v) is 5.36. The highest BCUT2D eigenvalue weighted by molar-refractivity contribution is 9.10. The van der Waals surface area contributed by atoms with Gasteiger partial charge in [-0.15, -0.1) is 0 Å². The maximum atomic E-state index is 9.00. The number of nitriles is 1. The Kier molecular flexibility index (Phi) is 4.26. The van der Waals surface area contributed by atoms with Crippen molar-refractivity contribution in [3.63, 3.8) is 0 Å². The molecule has 6 heteroatoms. The molecule has 0 aromatic heterocycles. The molecule has 0 radical (unpaired) electrons. The van der Waals surface area contributed by atoms with Gasteiger partial charge in [0.1, 0.15) is 6.61 Å². The molecule has 0 fully saturated rings. The van der Waals surface area contributed by atoms with Gasteiger partial charge in [-0.3, -0.25) is 0 Å². The normalized spacial score (nSPS) is 12.4. The molecule has 0 spiro atoms. The van der Waals surface area contributed by atoms with Gasteiger partial charge < -0.3 is 14.3 Å². The molecule has 0 atom stereocenters. The van der Waals surface area contributed by atoms with Gasteiger partial charge in [-0.25, -0.2) is 0 Å². The lowest BCUT2D eigenvalue weighted by atomic mass is 10.1. The van der Waals surface area contributed by atoms with Crippen molar-refractivity contribution in [1.29, 1.82) is 5.26 Å². The molecule has 0 N–H and O–H groups in total. The third-order valence-electron chi connectivity index (χ3n) is 3.12. The van der Waals surface area contributed by atoms with E-state index in [1.54, 1.807) is 12.3 Å². The second kappa shape index (κ2) is 6.50. The number of ether oxygens (including phenoxy) is 2. The Morgan fingerprint density at radius 1 is 1.27 bits per heavy atom. The summed E-state index contributed by atoms with van der Waals surface area (Å²) in [6, 6.07) is 13.0. The van der Waals surface area contributed by atoms with E-state index >= 15 is 0 Å². The standard InChI is InChI=1S/C16H11BrN2O3/c17-14-6-16-15(20-10-21-16)5-13(14)8-19-22-9-12-4-2-1-3-11(12)7-18/h1-6,8H,9-10H2/b19-8+. The largest absolute Gasteiger partial charge is 0.454 e. The van der Waals surface area contributed by atoms with E-state index in [4.69, 9.17) is 19.6 Å². The van der Waals surface area contributed by atoms with Crippen LogP contribution in [0, 0.1) is 11.3 Å². The number of halogens is 1. The average molecular weight is 359 g/mol. The SMILES string of the molecule is N#Cc1ccccc1CO/N=C/c1cc2c(cc1Br)OCO2. The van der Waals surface area contributed by atoms with Crippen LogP contribution in [0.5, 0.6) is 11.5 Å². The third kappa shape index (κ3) is 3.05. The summed E-state index contributed by atoms with van der Waals surface area (Å²) < 4.78 is 11.4. The number of benzene rings is 2. The van der Waals surface area contributed by atoms with E-state index in [1.165, 1.54) is 0 Å². The van der Waals surface area contributed by atoms with Gasteiger partial charge >= 0.3 is 0 Å². The number of nitrogens with zero attached hydrogens (tertiary/aromatic N) is 2. The second-order valence-electron chi connectivity index (χ2n) is 4.50. The third-order valence-corrected chi connectivity index (χ3v) is 3.80. The summed E-state index contributed by atoms with van der Waals surface area (Å²) in [7, 11) is 0. The predicted molar refractivity (Wildman–Crippen MR) is 83.8 cm³/mol. The Morgan fingerprint density at radius 2 is 2.05 bits per heavy atom. The lowest BCUT2D eigenvalue weighted by Crippen LogP contribution is -1.93. The lowest BCUT2D eigenvalue weighted by molar-refractivity contribution is 0.132. The van der Waals surface area contributed by atoms with Crippen molar-refractivity contribution in [3.8, 4) is 17.6 Å². The van der Waals surface area contributed by atoms with E-state index in [1.807, 2.05) is 30.3 Å². The quantitative estimate of drug-likeness (QED) is 0.618. The average Bonchev–Trinajstić information content (AvgIpc) is 2.99. The molecule has 0 unspecified atom stereocenters. The van der Waals surface area contributed by atoms with Crippen LogP contribution in [0.3, 0.4) is 0 Å². The zero-order valence-corrected chi connectivity index (χ0v) is 13.0. The summed E-state index contributed by atoms with van der Waals surface area (Å²) in [6.45, 7) is 0.465. The van der Waals surface area contributed by atoms with Crippen LogP contribution in [0.25, 0.3) is 0 Å². The number of hydrogen-bond donors (Lipinski definition) is 0. The summed E-state index contributed by atoms with van der Waals surface area (Å²) in [6.07, 6.45) is 1.58. The minimum absolute atomic E-state index is 0.226. The first-order valence-corrected chi connectivity index (χ1v) is 7.29. The van der Waals surface area contributed by atoms with Crippen molar-refractivity contribution in [2.75, 3.05) is 6.79 Å². The topological polar surface area (TPSA) is 63.8 Å². The number of hydrogen-bond acceptors (Lipinski definition) is 5. The minimum atomic E-state index is 0.226. The molecule has 0 amide bonds. The maximum absolute atomic E-state index is 9.00. The van der Waals surface area contributed by atoms with E-state index in [-0.39, 0.29) is 13.4 Å².